The maximum Gasteiger partial charge on any atom is 0.304 e. The standard InChI is InChI=1S/C10H13BrClNO4S2/c1-5(2)7(4-8(14)15)13-19(16,17)9-3-6(12)10(11)18-9/h3,5,7,13H,4H2,1-2H3,(H,14,15). The van der Waals surface area contributed by atoms with Crippen LogP contribution in [0.25, 0.3) is 0 Å². The van der Waals surface area contributed by atoms with Crippen LogP contribution in [0.15, 0.2) is 14.1 Å². The number of aliphatic carboxylic acids is 1. The van der Waals surface area contributed by atoms with E-state index in [2.05, 4.69) is 20.7 Å². The molecule has 9 heteroatoms. The molecule has 1 rings (SSSR count). The summed E-state index contributed by atoms with van der Waals surface area (Å²) in [5.74, 6) is -1.18. The van der Waals surface area contributed by atoms with Gasteiger partial charge in [-0.3, -0.25) is 4.79 Å². The van der Waals surface area contributed by atoms with Gasteiger partial charge < -0.3 is 5.11 Å². The smallest absolute Gasteiger partial charge is 0.304 e. The molecule has 0 saturated carbocycles. The highest BCUT2D eigenvalue weighted by molar-refractivity contribution is 9.11. The van der Waals surface area contributed by atoms with E-state index in [4.69, 9.17) is 16.7 Å². The van der Waals surface area contributed by atoms with Crippen molar-refractivity contribution in [3.05, 3.63) is 14.9 Å². The van der Waals surface area contributed by atoms with Crippen molar-refractivity contribution < 1.29 is 18.3 Å². The van der Waals surface area contributed by atoms with E-state index in [1.54, 1.807) is 13.8 Å². The van der Waals surface area contributed by atoms with E-state index in [1.165, 1.54) is 6.07 Å². The largest absolute Gasteiger partial charge is 0.481 e. The highest BCUT2D eigenvalue weighted by Gasteiger charge is 2.26. The Balaban J connectivity index is 2.97. The molecule has 1 unspecified atom stereocenters. The summed E-state index contributed by atoms with van der Waals surface area (Å²) in [6.45, 7) is 3.51. The SMILES string of the molecule is CC(C)C(CC(=O)O)NS(=O)(=O)c1cc(Cl)c(Br)s1. The lowest BCUT2D eigenvalue weighted by molar-refractivity contribution is -0.137. The maximum absolute atomic E-state index is 12.1. The Morgan fingerprint density at radius 3 is 2.53 bits per heavy atom. The van der Waals surface area contributed by atoms with Gasteiger partial charge in [-0.15, -0.1) is 11.3 Å². The molecule has 0 aliphatic rings. The minimum atomic E-state index is -3.76. The lowest BCUT2D eigenvalue weighted by atomic mass is 10.0. The summed E-state index contributed by atoms with van der Waals surface area (Å²) in [6, 6.07) is 0.665. The van der Waals surface area contributed by atoms with Crippen molar-refractivity contribution in [2.75, 3.05) is 0 Å². The molecule has 5 nitrogen and oxygen atoms in total. The summed E-state index contributed by atoms with van der Waals surface area (Å²) in [6.07, 6.45) is -0.267. The van der Waals surface area contributed by atoms with Gasteiger partial charge in [0, 0.05) is 6.04 Å². The van der Waals surface area contributed by atoms with Crippen LogP contribution >= 0.6 is 38.9 Å². The lowest BCUT2D eigenvalue weighted by Crippen LogP contribution is -2.39. The average Bonchev–Trinajstić information content (AvgIpc) is 2.58. The molecule has 1 atom stereocenters. The van der Waals surface area contributed by atoms with Gasteiger partial charge in [0.25, 0.3) is 0 Å². The minimum absolute atomic E-state index is 0.0559. The lowest BCUT2D eigenvalue weighted by Gasteiger charge is -2.19. The number of carbonyl (C=O) groups is 1. The zero-order valence-electron chi connectivity index (χ0n) is 10.2. The molecule has 0 bridgehead atoms. The number of halogens is 2. The quantitative estimate of drug-likeness (QED) is 0.782. The molecule has 1 aromatic heterocycles. The fourth-order valence-corrected chi connectivity index (χ4v) is 5.12. The van der Waals surface area contributed by atoms with Crippen LogP contribution in [0.5, 0.6) is 0 Å². The zero-order valence-corrected chi connectivity index (χ0v) is 14.2. The summed E-state index contributed by atoms with van der Waals surface area (Å²) in [4.78, 5) is 10.7. The molecule has 1 heterocycles. The summed E-state index contributed by atoms with van der Waals surface area (Å²) >= 11 is 9.92. The molecule has 108 valence electrons. The van der Waals surface area contributed by atoms with E-state index in [-0.39, 0.29) is 16.5 Å². The third kappa shape index (κ3) is 4.71. The van der Waals surface area contributed by atoms with Crippen LogP contribution in [-0.2, 0) is 14.8 Å². The second-order valence-electron chi connectivity index (χ2n) is 4.26. The second kappa shape index (κ2) is 6.53. The third-order valence-electron chi connectivity index (χ3n) is 2.39. The molecule has 0 aliphatic carbocycles. The first-order chi connectivity index (χ1) is 8.63. The average molecular weight is 391 g/mol. The molecule has 0 amide bonds. The van der Waals surface area contributed by atoms with Crippen LogP contribution in [0, 0.1) is 5.92 Å². The monoisotopic (exact) mass is 389 g/mol. The first-order valence-corrected chi connectivity index (χ1v) is 8.79. The van der Waals surface area contributed by atoms with Crippen molar-refractivity contribution in [1.82, 2.24) is 4.72 Å². The Morgan fingerprint density at radius 2 is 2.16 bits per heavy atom. The van der Waals surface area contributed by atoms with Gasteiger partial charge in [0.05, 0.1) is 15.2 Å². The summed E-state index contributed by atoms with van der Waals surface area (Å²) in [7, 11) is -3.76. The number of thiophene rings is 1. The van der Waals surface area contributed by atoms with E-state index >= 15 is 0 Å². The number of carboxylic acids is 1. The van der Waals surface area contributed by atoms with Gasteiger partial charge in [-0.05, 0) is 27.9 Å². The van der Waals surface area contributed by atoms with Gasteiger partial charge >= 0.3 is 5.97 Å². The van der Waals surface area contributed by atoms with E-state index in [9.17, 15) is 13.2 Å². The van der Waals surface area contributed by atoms with Crippen molar-refractivity contribution in [3.63, 3.8) is 0 Å². The number of hydrogen-bond donors (Lipinski definition) is 2. The van der Waals surface area contributed by atoms with Gasteiger partial charge in [0.1, 0.15) is 4.21 Å². The van der Waals surface area contributed by atoms with Crippen LogP contribution in [0.4, 0.5) is 0 Å². The molecular weight excluding hydrogens is 378 g/mol. The second-order valence-corrected chi connectivity index (χ2v) is 8.97. The number of sulfonamides is 1. The van der Waals surface area contributed by atoms with Crippen LogP contribution in [0.3, 0.4) is 0 Å². The topological polar surface area (TPSA) is 83.5 Å². The molecule has 0 aliphatic heterocycles. The van der Waals surface area contributed by atoms with Gasteiger partial charge in [-0.2, -0.15) is 0 Å². The number of carboxylic acid groups (broad SMARTS) is 1. The highest BCUT2D eigenvalue weighted by atomic mass is 79.9. The van der Waals surface area contributed by atoms with Crippen molar-refractivity contribution in [3.8, 4) is 0 Å². The van der Waals surface area contributed by atoms with E-state index in [0.717, 1.165) is 11.3 Å². The predicted octanol–water partition coefficient (Wildman–Crippen LogP) is 2.94. The summed E-state index contributed by atoms with van der Waals surface area (Å²) in [5, 5.41) is 9.10. The Labute approximate surface area is 129 Å². The molecule has 2 N–H and O–H groups in total. The molecule has 0 aromatic carbocycles. The molecule has 0 saturated heterocycles. The number of hydrogen-bond acceptors (Lipinski definition) is 4. The zero-order chi connectivity index (χ0) is 14.8. The summed E-state index contributed by atoms with van der Waals surface area (Å²) in [5.41, 5.74) is 0. The molecule has 1 aromatic rings. The fraction of sp³-hybridized carbons (Fsp3) is 0.500. The van der Waals surface area contributed by atoms with E-state index in [0.29, 0.717) is 8.81 Å². The van der Waals surface area contributed by atoms with Crippen LogP contribution in [-0.4, -0.2) is 25.5 Å². The molecule has 19 heavy (non-hydrogen) atoms. The van der Waals surface area contributed by atoms with Crippen molar-refractivity contribution in [1.29, 1.82) is 0 Å². The molecule has 0 fully saturated rings. The van der Waals surface area contributed by atoms with Gasteiger partial charge in [0.2, 0.25) is 10.0 Å². The molecular formula is C10H13BrClNO4S2. The number of nitrogens with one attached hydrogen (secondary N) is 1. The van der Waals surface area contributed by atoms with Gasteiger partial charge in [-0.1, -0.05) is 25.4 Å². The Morgan fingerprint density at radius 1 is 1.58 bits per heavy atom. The Hall–Kier alpha value is -0.150. The van der Waals surface area contributed by atoms with Gasteiger partial charge in [0.15, 0.2) is 0 Å². The highest BCUT2D eigenvalue weighted by Crippen LogP contribution is 2.34. The summed E-state index contributed by atoms with van der Waals surface area (Å²) < 4.78 is 27.2. The van der Waals surface area contributed by atoms with E-state index < -0.39 is 22.0 Å². The molecule has 0 radical (unpaired) electrons. The Kier molecular flexibility index (Phi) is 5.81. The third-order valence-corrected chi connectivity index (χ3v) is 6.83. The van der Waals surface area contributed by atoms with Gasteiger partial charge in [-0.25, -0.2) is 13.1 Å². The van der Waals surface area contributed by atoms with Crippen LogP contribution < -0.4 is 4.72 Å². The van der Waals surface area contributed by atoms with E-state index in [1.807, 2.05) is 0 Å². The molecule has 0 spiro atoms. The minimum Gasteiger partial charge on any atom is -0.481 e. The van der Waals surface area contributed by atoms with Crippen molar-refractivity contribution >= 4 is 54.9 Å². The predicted molar refractivity (Wildman–Crippen MR) is 78.2 cm³/mol. The van der Waals surface area contributed by atoms with Crippen molar-refractivity contribution in [2.45, 2.75) is 30.5 Å². The van der Waals surface area contributed by atoms with Crippen LogP contribution in [0.1, 0.15) is 20.3 Å². The fourth-order valence-electron chi connectivity index (χ4n) is 1.32. The maximum atomic E-state index is 12.1. The first kappa shape index (κ1) is 16.9. The van der Waals surface area contributed by atoms with Crippen LogP contribution in [0.2, 0.25) is 5.02 Å². The number of rotatable bonds is 6. The van der Waals surface area contributed by atoms with Crippen molar-refractivity contribution in [2.24, 2.45) is 5.92 Å². The first-order valence-electron chi connectivity index (χ1n) is 5.32. The normalized spacial score (nSPS) is 13.7. The Bertz CT molecular complexity index is 551.